The van der Waals surface area contributed by atoms with Crippen LogP contribution in [0.5, 0.6) is 5.75 Å². The smallest absolute Gasteiger partial charge is 0.326 e. The summed E-state index contributed by atoms with van der Waals surface area (Å²) >= 11 is 0. The van der Waals surface area contributed by atoms with E-state index in [1.807, 2.05) is 36.4 Å². The van der Waals surface area contributed by atoms with Gasteiger partial charge in [-0.25, -0.2) is 4.79 Å². The van der Waals surface area contributed by atoms with Crippen LogP contribution in [0.3, 0.4) is 0 Å². The molecular formula is C17H19NO4. The lowest BCUT2D eigenvalue weighted by Crippen LogP contribution is -2.46. The topological polar surface area (TPSA) is 75.6 Å². The number of benzene rings is 2. The minimum Gasteiger partial charge on any atom is -0.484 e. The summed E-state index contributed by atoms with van der Waals surface area (Å²) in [6.07, 6.45) is 0. The van der Waals surface area contributed by atoms with E-state index >= 15 is 0 Å². The number of aliphatic carboxylic acids is 1. The van der Waals surface area contributed by atoms with Crippen molar-refractivity contribution in [2.75, 3.05) is 6.61 Å². The summed E-state index contributed by atoms with van der Waals surface area (Å²) in [5.41, 5.74) is 0. The van der Waals surface area contributed by atoms with Gasteiger partial charge in [0.05, 0.1) is 0 Å². The quantitative estimate of drug-likeness (QED) is 0.859. The Bertz CT molecular complexity index is 681. The number of carbonyl (C=O) groups excluding carboxylic acids is 1. The second-order valence-electron chi connectivity index (χ2n) is 5.43. The minimum absolute atomic E-state index is 0.192. The monoisotopic (exact) mass is 301 g/mol. The summed E-state index contributed by atoms with van der Waals surface area (Å²) in [5, 5.41) is 13.6. The molecule has 0 heterocycles. The Kier molecular flexibility index (Phi) is 4.99. The highest BCUT2D eigenvalue weighted by molar-refractivity contribution is 5.85. The molecule has 2 rings (SSSR count). The molecule has 0 aromatic heterocycles. The zero-order valence-electron chi connectivity index (χ0n) is 12.6. The van der Waals surface area contributed by atoms with Crippen molar-refractivity contribution >= 4 is 22.6 Å². The van der Waals surface area contributed by atoms with Crippen LogP contribution in [-0.4, -0.2) is 29.6 Å². The zero-order valence-corrected chi connectivity index (χ0v) is 12.6. The van der Waals surface area contributed by atoms with E-state index in [1.54, 1.807) is 19.9 Å². The maximum Gasteiger partial charge on any atom is 0.326 e. The van der Waals surface area contributed by atoms with E-state index in [1.165, 1.54) is 0 Å². The minimum atomic E-state index is -1.05. The number of rotatable bonds is 6. The van der Waals surface area contributed by atoms with E-state index in [9.17, 15) is 9.59 Å². The molecule has 0 aliphatic carbocycles. The van der Waals surface area contributed by atoms with Gasteiger partial charge in [-0.3, -0.25) is 4.79 Å². The first-order valence-electron chi connectivity index (χ1n) is 7.11. The van der Waals surface area contributed by atoms with Crippen molar-refractivity contribution in [1.82, 2.24) is 5.32 Å². The Morgan fingerprint density at radius 1 is 1.14 bits per heavy atom. The Labute approximate surface area is 128 Å². The van der Waals surface area contributed by atoms with Gasteiger partial charge in [0.25, 0.3) is 5.91 Å². The first-order valence-corrected chi connectivity index (χ1v) is 7.11. The molecule has 0 unspecified atom stereocenters. The summed E-state index contributed by atoms with van der Waals surface area (Å²) in [6, 6.07) is 12.5. The summed E-state index contributed by atoms with van der Waals surface area (Å²) in [5.74, 6) is -1.12. The Hall–Kier alpha value is -2.56. The molecule has 22 heavy (non-hydrogen) atoms. The van der Waals surface area contributed by atoms with Crippen LogP contribution in [0.2, 0.25) is 0 Å². The van der Waals surface area contributed by atoms with Gasteiger partial charge in [0.15, 0.2) is 6.61 Å². The molecule has 0 saturated carbocycles. The molecule has 0 spiro atoms. The van der Waals surface area contributed by atoms with E-state index in [4.69, 9.17) is 9.84 Å². The number of carboxylic acid groups (broad SMARTS) is 1. The van der Waals surface area contributed by atoms with Crippen molar-refractivity contribution in [3.05, 3.63) is 42.5 Å². The van der Waals surface area contributed by atoms with Crippen molar-refractivity contribution in [3.8, 4) is 5.75 Å². The van der Waals surface area contributed by atoms with Gasteiger partial charge in [-0.2, -0.15) is 0 Å². The van der Waals surface area contributed by atoms with Crippen LogP contribution in [-0.2, 0) is 9.59 Å². The molecule has 0 aliphatic rings. The number of hydrogen-bond donors (Lipinski definition) is 2. The van der Waals surface area contributed by atoms with E-state index in [-0.39, 0.29) is 12.5 Å². The van der Waals surface area contributed by atoms with Crippen LogP contribution in [0.15, 0.2) is 42.5 Å². The van der Waals surface area contributed by atoms with Crippen LogP contribution in [0.4, 0.5) is 0 Å². The predicted molar refractivity (Wildman–Crippen MR) is 83.8 cm³/mol. The number of carboxylic acids is 1. The number of nitrogens with one attached hydrogen (secondary N) is 1. The predicted octanol–water partition coefficient (Wildman–Crippen LogP) is 2.44. The maximum atomic E-state index is 11.8. The summed E-state index contributed by atoms with van der Waals surface area (Å²) in [7, 11) is 0. The molecule has 0 aliphatic heterocycles. The fourth-order valence-electron chi connectivity index (χ4n) is 2.13. The molecule has 5 nitrogen and oxygen atoms in total. The van der Waals surface area contributed by atoms with Crippen molar-refractivity contribution in [3.63, 3.8) is 0 Å². The van der Waals surface area contributed by atoms with Crippen molar-refractivity contribution in [1.29, 1.82) is 0 Å². The molecule has 0 fully saturated rings. The Morgan fingerprint density at radius 2 is 1.82 bits per heavy atom. The third-order valence-corrected chi connectivity index (χ3v) is 3.34. The maximum absolute atomic E-state index is 11.8. The molecule has 2 aromatic rings. The lowest BCUT2D eigenvalue weighted by atomic mass is 10.1. The van der Waals surface area contributed by atoms with Crippen LogP contribution >= 0.6 is 0 Å². The second kappa shape index (κ2) is 6.93. The average molecular weight is 301 g/mol. The van der Waals surface area contributed by atoms with E-state index < -0.39 is 17.9 Å². The van der Waals surface area contributed by atoms with Gasteiger partial charge < -0.3 is 15.2 Å². The first kappa shape index (κ1) is 15.8. The van der Waals surface area contributed by atoms with Crippen molar-refractivity contribution in [2.45, 2.75) is 19.9 Å². The molecule has 116 valence electrons. The Morgan fingerprint density at radius 3 is 2.45 bits per heavy atom. The first-order chi connectivity index (χ1) is 10.5. The van der Waals surface area contributed by atoms with Crippen molar-refractivity contribution in [2.24, 2.45) is 5.92 Å². The van der Waals surface area contributed by atoms with Gasteiger partial charge in [-0.1, -0.05) is 44.2 Å². The molecule has 0 saturated heterocycles. The number of amides is 1. The number of fused-ring (bicyclic) bond motifs is 1. The zero-order chi connectivity index (χ0) is 16.1. The van der Waals surface area contributed by atoms with Crippen LogP contribution < -0.4 is 10.1 Å². The summed E-state index contributed by atoms with van der Waals surface area (Å²) < 4.78 is 5.43. The Balaban J connectivity index is 1.96. The number of carbonyl (C=O) groups is 2. The standard InChI is InChI=1S/C17H19NO4/c1-11(2)16(17(20)21)18-15(19)10-22-14-8-7-12-5-3-4-6-13(12)9-14/h3-9,11,16H,10H2,1-2H3,(H,18,19)(H,20,21)/t16-/m1/s1. The highest BCUT2D eigenvalue weighted by Crippen LogP contribution is 2.20. The molecule has 5 heteroatoms. The van der Waals surface area contributed by atoms with Crippen LogP contribution in [0, 0.1) is 5.92 Å². The highest BCUT2D eigenvalue weighted by Gasteiger charge is 2.23. The van der Waals surface area contributed by atoms with Gasteiger partial charge in [-0.05, 0) is 28.8 Å². The van der Waals surface area contributed by atoms with Gasteiger partial charge in [-0.15, -0.1) is 0 Å². The van der Waals surface area contributed by atoms with E-state index in [2.05, 4.69) is 5.32 Å². The van der Waals surface area contributed by atoms with E-state index in [0.29, 0.717) is 5.75 Å². The molecule has 1 atom stereocenters. The van der Waals surface area contributed by atoms with Gasteiger partial charge in [0.1, 0.15) is 11.8 Å². The molecule has 0 bridgehead atoms. The number of ether oxygens (including phenoxy) is 1. The van der Waals surface area contributed by atoms with E-state index in [0.717, 1.165) is 10.8 Å². The normalized spacial score (nSPS) is 12.1. The van der Waals surface area contributed by atoms with Crippen molar-refractivity contribution < 1.29 is 19.4 Å². The molecule has 0 radical (unpaired) electrons. The van der Waals surface area contributed by atoms with Crippen LogP contribution in [0.1, 0.15) is 13.8 Å². The van der Waals surface area contributed by atoms with Crippen LogP contribution in [0.25, 0.3) is 10.8 Å². The largest absolute Gasteiger partial charge is 0.484 e. The lowest BCUT2D eigenvalue weighted by Gasteiger charge is -2.18. The lowest BCUT2D eigenvalue weighted by molar-refractivity contribution is -0.143. The van der Waals surface area contributed by atoms with Gasteiger partial charge in [0, 0.05) is 0 Å². The highest BCUT2D eigenvalue weighted by atomic mass is 16.5. The summed E-state index contributed by atoms with van der Waals surface area (Å²) in [6.45, 7) is 3.27. The van der Waals surface area contributed by atoms with Gasteiger partial charge >= 0.3 is 5.97 Å². The average Bonchev–Trinajstić information content (AvgIpc) is 2.49. The number of hydrogen-bond acceptors (Lipinski definition) is 3. The molecular weight excluding hydrogens is 282 g/mol. The third-order valence-electron chi connectivity index (χ3n) is 3.34. The SMILES string of the molecule is CC(C)[C@@H](NC(=O)COc1ccc2ccccc2c1)C(=O)O. The second-order valence-corrected chi connectivity index (χ2v) is 5.43. The molecule has 2 N–H and O–H groups in total. The fraction of sp³-hybridized carbons (Fsp3) is 0.294. The molecule has 1 amide bonds. The molecule has 2 aromatic carbocycles. The fourth-order valence-corrected chi connectivity index (χ4v) is 2.13. The third kappa shape index (κ3) is 3.97. The van der Waals surface area contributed by atoms with Gasteiger partial charge in [0.2, 0.25) is 0 Å². The summed E-state index contributed by atoms with van der Waals surface area (Å²) in [4.78, 5) is 22.8.